The molecule has 0 aromatic heterocycles. The number of hydrogen-bond acceptors (Lipinski definition) is 5. The van der Waals surface area contributed by atoms with Crippen molar-refractivity contribution in [2.45, 2.75) is 0 Å². The lowest BCUT2D eigenvalue weighted by Gasteiger charge is -2.16. The molecule has 0 saturated heterocycles. The molecule has 1 aliphatic heterocycles. The zero-order chi connectivity index (χ0) is 12.9. The van der Waals surface area contributed by atoms with E-state index in [9.17, 15) is 0 Å². The maximum absolute atomic E-state index is 5.47. The minimum absolute atomic E-state index is 0.614. The van der Waals surface area contributed by atoms with Gasteiger partial charge < -0.3 is 23.8 Å². The first-order chi connectivity index (χ1) is 8.89. The monoisotopic (exact) mass is 259 g/mol. The zero-order valence-corrected chi connectivity index (χ0v) is 11.3. The van der Waals surface area contributed by atoms with E-state index in [-0.39, 0.29) is 0 Å². The second-order valence-electron chi connectivity index (χ2n) is 4.15. The molecule has 0 radical (unpaired) electrons. The van der Waals surface area contributed by atoms with Gasteiger partial charge >= 0.3 is 0 Å². The van der Waals surface area contributed by atoms with E-state index in [1.165, 1.54) is 0 Å². The number of likely N-dealkylation sites (N-methyl/N-ethyl adjacent to an activating group) is 1. The molecule has 0 spiro atoms. The van der Waals surface area contributed by atoms with Gasteiger partial charge in [-0.15, -0.1) is 0 Å². The highest BCUT2D eigenvalue weighted by Gasteiger charge is 1.98. The van der Waals surface area contributed by atoms with E-state index in [1.807, 2.05) is 12.2 Å². The molecule has 0 aromatic carbocycles. The van der Waals surface area contributed by atoms with Crippen LogP contribution >= 0.6 is 0 Å². The van der Waals surface area contributed by atoms with Gasteiger partial charge in [0.15, 0.2) is 0 Å². The van der Waals surface area contributed by atoms with Crippen LogP contribution in [-0.2, 0) is 18.9 Å². The molecule has 0 saturated carbocycles. The van der Waals surface area contributed by atoms with Gasteiger partial charge in [0.1, 0.15) is 0 Å². The predicted octanol–water partition coefficient (Wildman–Crippen LogP) is 0.554. The van der Waals surface area contributed by atoms with Crippen LogP contribution in [0.25, 0.3) is 0 Å². The van der Waals surface area contributed by atoms with Crippen LogP contribution in [0.1, 0.15) is 0 Å². The molecule has 0 amide bonds. The SMILES string of the molecule is CN1CCOCCOC/C=C\COCCOCC1. The summed E-state index contributed by atoms with van der Waals surface area (Å²) in [6.07, 6.45) is 3.93. The van der Waals surface area contributed by atoms with Gasteiger partial charge in [0, 0.05) is 13.1 Å². The number of hydrogen-bond donors (Lipinski definition) is 0. The molecule has 5 heteroatoms. The highest BCUT2D eigenvalue weighted by molar-refractivity contribution is 4.81. The van der Waals surface area contributed by atoms with E-state index in [0.29, 0.717) is 39.6 Å². The molecule has 1 heterocycles. The first kappa shape index (κ1) is 15.6. The Morgan fingerprint density at radius 3 is 1.61 bits per heavy atom. The maximum Gasteiger partial charge on any atom is 0.0704 e. The van der Waals surface area contributed by atoms with E-state index >= 15 is 0 Å². The van der Waals surface area contributed by atoms with Gasteiger partial charge in [0.2, 0.25) is 0 Å². The molecule has 1 rings (SSSR count). The van der Waals surface area contributed by atoms with Crippen LogP contribution in [0, 0.1) is 0 Å². The largest absolute Gasteiger partial charge is 0.378 e. The molecule has 1 aliphatic rings. The summed E-state index contributed by atoms with van der Waals surface area (Å²) in [5.74, 6) is 0. The van der Waals surface area contributed by atoms with Gasteiger partial charge in [-0.25, -0.2) is 0 Å². The lowest BCUT2D eigenvalue weighted by Crippen LogP contribution is -2.27. The molecular formula is C13H25NO4. The Morgan fingerprint density at radius 1 is 0.667 bits per heavy atom. The third-order valence-electron chi connectivity index (χ3n) is 2.57. The van der Waals surface area contributed by atoms with Crippen molar-refractivity contribution < 1.29 is 18.9 Å². The molecule has 0 fully saturated rings. The van der Waals surface area contributed by atoms with Crippen molar-refractivity contribution in [1.29, 1.82) is 0 Å². The number of rotatable bonds is 0. The molecular weight excluding hydrogens is 234 g/mol. The fourth-order valence-electron chi connectivity index (χ4n) is 1.43. The summed E-state index contributed by atoms with van der Waals surface area (Å²) in [5, 5.41) is 0. The van der Waals surface area contributed by atoms with Gasteiger partial charge in [-0.2, -0.15) is 0 Å². The van der Waals surface area contributed by atoms with Crippen LogP contribution in [0.3, 0.4) is 0 Å². The second-order valence-corrected chi connectivity index (χ2v) is 4.15. The van der Waals surface area contributed by atoms with Crippen LogP contribution in [0.4, 0.5) is 0 Å². The molecule has 0 atom stereocenters. The standard InChI is InChI=1S/C13H25NO4/c1-14-4-8-17-12-10-15-6-2-3-7-16-11-13-18-9-5-14/h2-3H,4-13H2,1H3/b3-2-. The Labute approximate surface area is 110 Å². The summed E-state index contributed by atoms with van der Waals surface area (Å²) in [5.41, 5.74) is 0. The number of nitrogens with zero attached hydrogens (tertiary/aromatic N) is 1. The summed E-state index contributed by atoms with van der Waals surface area (Å²) in [7, 11) is 2.07. The molecule has 0 bridgehead atoms. The first-order valence-corrected chi connectivity index (χ1v) is 6.54. The quantitative estimate of drug-likeness (QED) is 0.594. The summed E-state index contributed by atoms with van der Waals surface area (Å²) >= 11 is 0. The van der Waals surface area contributed by atoms with E-state index in [0.717, 1.165) is 26.3 Å². The van der Waals surface area contributed by atoms with E-state index in [4.69, 9.17) is 18.9 Å². The maximum atomic E-state index is 5.47. The summed E-state index contributed by atoms with van der Waals surface area (Å²) < 4.78 is 21.7. The molecule has 106 valence electrons. The Bertz CT molecular complexity index is 191. The van der Waals surface area contributed by atoms with Crippen LogP contribution in [0.5, 0.6) is 0 Å². The van der Waals surface area contributed by atoms with Gasteiger partial charge in [0.25, 0.3) is 0 Å². The number of ether oxygens (including phenoxy) is 4. The van der Waals surface area contributed by atoms with Gasteiger partial charge in [0.05, 0.1) is 52.9 Å². The zero-order valence-electron chi connectivity index (χ0n) is 11.3. The Morgan fingerprint density at radius 2 is 1.11 bits per heavy atom. The highest BCUT2D eigenvalue weighted by atomic mass is 16.5. The lowest BCUT2D eigenvalue weighted by molar-refractivity contribution is 0.0374. The average Bonchev–Trinajstić information content (AvgIpc) is 2.37. The molecule has 5 nitrogen and oxygen atoms in total. The van der Waals surface area contributed by atoms with E-state index in [2.05, 4.69) is 11.9 Å². The van der Waals surface area contributed by atoms with Crippen molar-refractivity contribution in [1.82, 2.24) is 4.90 Å². The minimum Gasteiger partial charge on any atom is -0.378 e. The van der Waals surface area contributed by atoms with Crippen LogP contribution in [0.2, 0.25) is 0 Å². The second kappa shape index (κ2) is 11.6. The smallest absolute Gasteiger partial charge is 0.0704 e. The van der Waals surface area contributed by atoms with Gasteiger partial charge in [-0.05, 0) is 7.05 Å². The molecule has 18 heavy (non-hydrogen) atoms. The van der Waals surface area contributed by atoms with Crippen molar-refractivity contribution in [2.75, 3.05) is 73.0 Å². The van der Waals surface area contributed by atoms with Crippen molar-refractivity contribution in [3.8, 4) is 0 Å². The fourth-order valence-corrected chi connectivity index (χ4v) is 1.43. The Balaban J connectivity index is 2.15. The topological polar surface area (TPSA) is 40.2 Å². The highest BCUT2D eigenvalue weighted by Crippen LogP contribution is 1.88. The van der Waals surface area contributed by atoms with E-state index in [1.54, 1.807) is 0 Å². The van der Waals surface area contributed by atoms with Crippen molar-refractivity contribution in [3.05, 3.63) is 12.2 Å². The van der Waals surface area contributed by atoms with Crippen molar-refractivity contribution in [2.24, 2.45) is 0 Å². The van der Waals surface area contributed by atoms with Crippen molar-refractivity contribution >= 4 is 0 Å². The minimum atomic E-state index is 0.614. The molecule has 0 N–H and O–H groups in total. The van der Waals surface area contributed by atoms with Crippen LogP contribution in [-0.4, -0.2) is 77.9 Å². The predicted molar refractivity (Wildman–Crippen MR) is 69.9 cm³/mol. The van der Waals surface area contributed by atoms with Gasteiger partial charge in [-0.1, -0.05) is 12.2 Å². The normalized spacial score (nSPS) is 25.4. The molecule has 0 aromatic rings. The van der Waals surface area contributed by atoms with Crippen LogP contribution in [0.15, 0.2) is 12.2 Å². The fraction of sp³-hybridized carbons (Fsp3) is 0.846. The van der Waals surface area contributed by atoms with Gasteiger partial charge in [-0.3, -0.25) is 0 Å². The lowest BCUT2D eigenvalue weighted by atomic mass is 10.5. The average molecular weight is 259 g/mol. The first-order valence-electron chi connectivity index (χ1n) is 6.54. The Hall–Kier alpha value is -0.460. The summed E-state index contributed by atoms with van der Waals surface area (Å²) in [6.45, 7) is 7.10. The summed E-state index contributed by atoms with van der Waals surface area (Å²) in [6, 6.07) is 0. The van der Waals surface area contributed by atoms with E-state index < -0.39 is 0 Å². The van der Waals surface area contributed by atoms with Crippen molar-refractivity contribution in [3.63, 3.8) is 0 Å². The van der Waals surface area contributed by atoms with Crippen LogP contribution < -0.4 is 0 Å². The summed E-state index contributed by atoms with van der Waals surface area (Å²) in [4.78, 5) is 2.20. The molecule has 0 unspecified atom stereocenters. The third kappa shape index (κ3) is 9.56. The third-order valence-corrected chi connectivity index (χ3v) is 2.57. The molecule has 0 aliphatic carbocycles. The Kier molecular flexibility index (Phi) is 10.1.